The zero-order chi connectivity index (χ0) is 13.1. The normalized spacial score (nSPS) is 14.8. The van der Waals surface area contributed by atoms with Crippen molar-refractivity contribution >= 4 is 43.5 Å². The van der Waals surface area contributed by atoms with Crippen molar-refractivity contribution in [3.05, 3.63) is 7.08 Å². The Labute approximate surface area is 112 Å². The van der Waals surface area contributed by atoms with E-state index in [1.54, 1.807) is 0 Å². The summed E-state index contributed by atoms with van der Waals surface area (Å²) in [6.07, 6.45) is 2.69. The van der Waals surface area contributed by atoms with Crippen LogP contribution in [0.25, 0.3) is 0 Å². The van der Waals surface area contributed by atoms with Crippen LogP contribution in [0.3, 0.4) is 0 Å². The monoisotopic (exact) mass is 438 g/mol. The molecule has 0 atom stereocenters. The number of hydrogen-bond acceptors (Lipinski definition) is 0. The van der Waals surface area contributed by atoms with Gasteiger partial charge < -0.3 is 0 Å². The molecule has 0 saturated heterocycles. The topological polar surface area (TPSA) is 0 Å². The molecule has 0 rings (SSSR count). The van der Waals surface area contributed by atoms with Gasteiger partial charge in [0.05, 0.1) is 0 Å². The molecule has 0 N–H and O–H groups in total. The van der Waals surface area contributed by atoms with Crippen LogP contribution in [0.15, 0.2) is 7.08 Å². The van der Waals surface area contributed by atoms with Gasteiger partial charge in [-0.2, -0.15) is 0 Å². The summed E-state index contributed by atoms with van der Waals surface area (Å²) in [7, 11) is 0. The van der Waals surface area contributed by atoms with Crippen molar-refractivity contribution in [2.45, 2.75) is 63.0 Å². The Morgan fingerprint density at radius 2 is 1.19 bits per heavy atom. The molecule has 3 heteroatoms. The second-order valence-electron chi connectivity index (χ2n) is 7.05. The van der Waals surface area contributed by atoms with Crippen molar-refractivity contribution in [2.75, 3.05) is 0 Å². The molecule has 0 aromatic rings. The van der Waals surface area contributed by atoms with Gasteiger partial charge in [-0.15, -0.1) is 0 Å². The quantitative estimate of drug-likeness (QED) is 0.525. The summed E-state index contributed by atoms with van der Waals surface area (Å²) < 4.78 is 3.88. The van der Waals surface area contributed by atoms with Gasteiger partial charge in [-0.1, -0.05) is 0 Å². The molecule has 0 aliphatic heterocycles. The summed E-state index contributed by atoms with van der Waals surface area (Å²) in [5, 5.41) is 0. The fraction of sp³-hybridized carbons (Fsp3) is 0.846. The van der Waals surface area contributed by atoms with E-state index in [0.717, 1.165) is 6.71 Å². The number of hydrogen-bond donors (Lipinski definition) is 0. The van der Waals surface area contributed by atoms with Gasteiger partial charge in [-0.25, -0.2) is 0 Å². The van der Waals surface area contributed by atoms with Crippen molar-refractivity contribution in [3.8, 4) is 0 Å². The molecule has 0 aliphatic rings. The molecule has 0 spiro atoms. The minimum absolute atomic E-state index is 0.895. The van der Waals surface area contributed by atoms with Crippen molar-refractivity contribution in [3.63, 3.8) is 0 Å². The molecule has 0 aliphatic carbocycles. The van der Waals surface area contributed by atoms with Gasteiger partial charge in [0.25, 0.3) is 0 Å². The molecule has 0 nitrogen and oxygen atoms in total. The van der Waals surface area contributed by atoms with E-state index in [1.165, 1.54) is 12.6 Å². The van der Waals surface area contributed by atoms with Crippen LogP contribution >= 0.6 is 0 Å². The van der Waals surface area contributed by atoms with Crippen LogP contribution in [-0.2, 0) is 0 Å². The van der Waals surface area contributed by atoms with E-state index in [1.807, 2.05) is 7.08 Å². The zero-order valence-electron chi connectivity index (χ0n) is 13.0. The Bertz CT molecular complexity index is 252. The van der Waals surface area contributed by atoms with Crippen LogP contribution in [0.4, 0.5) is 0 Å². The van der Waals surface area contributed by atoms with Crippen molar-refractivity contribution in [1.29, 1.82) is 0 Å². The Kier molecular flexibility index (Phi) is 7.11. The summed E-state index contributed by atoms with van der Waals surface area (Å²) in [6, 6.07) is 0. The molecular weight excluding hydrogens is 404 g/mol. The molecule has 16 heavy (non-hydrogen) atoms. The molecule has 94 valence electrons. The summed E-state index contributed by atoms with van der Waals surface area (Å²) in [5.41, 5.74) is 0. The summed E-state index contributed by atoms with van der Waals surface area (Å²) >= 11 is -3.73. The maximum atomic E-state index is 2.60. The minimum atomic E-state index is -1.89. The predicted molar refractivity (Wildman–Crippen MR) is 86.1 cm³/mol. The predicted octanol–water partition coefficient (Wildman–Crippen LogP) is 5.13. The molecule has 0 heterocycles. The first-order chi connectivity index (χ1) is 7.05. The molecule has 0 bridgehead atoms. The van der Waals surface area contributed by atoms with E-state index < -0.39 is 36.8 Å². The van der Waals surface area contributed by atoms with Crippen LogP contribution in [0.5, 0.6) is 0 Å². The molecule has 0 unspecified atom stereocenters. The standard InChI is InChI=1S/C7H13B.6CH3.2Sn/c1-4-7-8(5-2)6-3;;;;;;;;/h5-6H2,1-3H3;6*1H3;;. The Morgan fingerprint density at radius 1 is 0.812 bits per heavy atom. The van der Waals surface area contributed by atoms with Crippen molar-refractivity contribution in [2.24, 2.45) is 0 Å². The van der Waals surface area contributed by atoms with Gasteiger partial charge >= 0.3 is 114 Å². The first-order valence-corrected chi connectivity index (χ1v) is 26.7. The second-order valence-corrected chi connectivity index (χ2v) is 36.4. The fourth-order valence-electron chi connectivity index (χ4n) is 2.58. The maximum absolute atomic E-state index is 2.60. The number of allylic oxidation sites excluding steroid dienone is 1. The summed E-state index contributed by atoms with van der Waals surface area (Å²) in [5.74, 6) is 0. The molecule has 0 radical (unpaired) electrons. The Morgan fingerprint density at radius 3 is 1.38 bits per heavy atom. The fourth-order valence-corrected chi connectivity index (χ4v) is 27.7. The number of rotatable bonds is 5. The van der Waals surface area contributed by atoms with Gasteiger partial charge in [-0.05, 0) is 0 Å². The van der Waals surface area contributed by atoms with Crippen molar-refractivity contribution < 1.29 is 0 Å². The Hall–Kier alpha value is 1.40. The third-order valence-corrected chi connectivity index (χ3v) is 19.8. The van der Waals surface area contributed by atoms with E-state index in [-0.39, 0.29) is 0 Å². The average Bonchev–Trinajstić information content (AvgIpc) is 2.09. The third kappa shape index (κ3) is 4.95. The van der Waals surface area contributed by atoms with Crippen LogP contribution < -0.4 is 0 Å². The van der Waals surface area contributed by atoms with E-state index in [4.69, 9.17) is 0 Å². The van der Waals surface area contributed by atoms with Crippen LogP contribution in [0, 0.1) is 0 Å². The van der Waals surface area contributed by atoms with Crippen LogP contribution in [-0.4, -0.2) is 43.5 Å². The molecule has 0 amide bonds. The van der Waals surface area contributed by atoms with E-state index >= 15 is 0 Å². The van der Waals surface area contributed by atoms with Gasteiger partial charge in [0.1, 0.15) is 0 Å². The third-order valence-electron chi connectivity index (χ3n) is 3.73. The van der Waals surface area contributed by atoms with Gasteiger partial charge in [0.2, 0.25) is 0 Å². The molecular formula is C13H31BSn2. The summed E-state index contributed by atoms with van der Waals surface area (Å²) in [4.78, 5) is 15.5. The van der Waals surface area contributed by atoms with Gasteiger partial charge in [0.15, 0.2) is 0 Å². The van der Waals surface area contributed by atoms with E-state index in [2.05, 4.69) is 50.4 Å². The molecule has 0 fully saturated rings. The average molecular weight is 436 g/mol. The van der Waals surface area contributed by atoms with E-state index in [0.29, 0.717) is 0 Å². The van der Waals surface area contributed by atoms with Crippen LogP contribution in [0.2, 0.25) is 42.3 Å². The summed E-state index contributed by atoms with van der Waals surface area (Å²) in [6.45, 7) is 8.12. The first kappa shape index (κ1) is 17.4. The SMILES string of the molecule is CCB(CC)/[C](=[C](/C)[Sn]([CH3])([CH3])[CH3])[Sn]([CH3])([CH3])[CH3]. The van der Waals surface area contributed by atoms with Gasteiger partial charge in [-0.3, -0.25) is 0 Å². The molecule has 0 aromatic carbocycles. The second kappa shape index (κ2) is 6.53. The van der Waals surface area contributed by atoms with Crippen LogP contribution in [0.1, 0.15) is 20.8 Å². The Balaban J connectivity index is 5.59. The van der Waals surface area contributed by atoms with E-state index in [9.17, 15) is 0 Å². The van der Waals surface area contributed by atoms with Crippen molar-refractivity contribution in [1.82, 2.24) is 0 Å². The molecule has 0 aromatic heterocycles. The molecule has 0 saturated carbocycles. The first-order valence-electron chi connectivity index (χ1n) is 6.77. The zero-order valence-corrected chi connectivity index (χ0v) is 18.7. The van der Waals surface area contributed by atoms with Gasteiger partial charge in [0, 0.05) is 0 Å².